The zero-order chi connectivity index (χ0) is 12.1. The normalized spacial score (nSPS) is 24.8. The molecule has 0 unspecified atom stereocenters. The zero-order valence-electron chi connectivity index (χ0n) is 10.2. The maximum Gasteiger partial charge on any atom is 0.394 e. The molecule has 0 nitrogen and oxygen atoms in total. The zero-order valence-corrected chi connectivity index (χ0v) is 10.2. The van der Waals surface area contributed by atoms with Gasteiger partial charge in [0.15, 0.2) is 0 Å². The van der Waals surface area contributed by atoms with Crippen LogP contribution in [0.15, 0.2) is 0 Å². The molecular formula is C13H23F3. The second kappa shape index (κ2) is 5.92. The highest BCUT2D eigenvalue weighted by molar-refractivity contribution is 4.82. The van der Waals surface area contributed by atoms with Gasteiger partial charge in [0, 0.05) is 0 Å². The van der Waals surface area contributed by atoms with Gasteiger partial charge < -0.3 is 0 Å². The van der Waals surface area contributed by atoms with Gasteiger partial charge in [0.1, 0.15) is 0 Å². The second-order valence-corrected chi connectivity index (χ2v) is 5.39. The molecular weight excluding hydrogens is 213 g/mol. The predicted molar refractivity (Wildman–Crippen MR) is 60.3 cm³/mol. The maximum absolute atomic E-state index is 13.0. The van der Waals surface area contributed by atoms with E-state index in [9.17, 15) is 13.2 Å². The minimum Gasteiger partial charge on any atom is -0.171 e. The highest BCUT2D eigenvalue weighted by Gasteiger charge is 2.49. The number of hydrogen-bond donors (Lipinski definition) is 0. The van der Waals surface area contributed by atoms with Crippen molar-refractivity contribution >= 4 is 0 Å². The number of alkyl halides is 3. The van der Waals surface area contributed by atoms with E-state index >= 15 is 0 Å². The van der Waals surface area contributed by atoms with Crippen LogP contribution in [0.5, 0.6) is 0 Å². The molecule has 1 rings (SSSR count). The molecule has 96 valence electrons. The third-order valence-electron chi connectivity index (χ3n) is 3.89. The van der Waals surface area contributed by atoms with Crippen molar-refractivity contribution in [2.24, 2.45) is 5.41 Å². The molecule has 0 aromatic rings. The summed E-state index contributed by atoms with van der Waals surface area (Å²) < 4.78 is 38.9. The van der Waals surface area contributed by atoms with Gasteiger partial charge in [-0.25, -0.2) is 0 Å². The molecule has 1 fully saturated rings. The minimum absolute atomic E-state index is 0.316. The van der Waals surface area contributed by atoms with Gasteiger partial charge in [-0.1, -0.05) is 58.3 Å². The lowest BCUT2D eigenvalue weighted by atomic mass is 9.79. The van der Waals surface area contributed by atoms with Crippen LogP contribution in [-0.2, 0) is 0 Å². The van der Waals surface area contributed by atoms with Gasteiger partial charge >= 0.3 is 6.18 Å². The molecule has 1 aliphatic rings. The van der Waals surface area contributed by atoms with E-state index in [-0.39, 0.29) is 0 Å². The molecule has 0 spiro atoms. The Hall–Kier alpha value is -0.210. The number of halogens is 3. The highest BCUT2D eigenvalue weighted by atomic mass is 19.4. The van der Waals surface area contributed by atoms with Gasteiger partial charge in [0.25, 0.3) is 0 Å². The highest BCUT2D eigenvalue weighted by Crippen LogP contribution is 2.46. The second-order valence-electron chi connectivity index (χ2n) is 5.39. The molecule has 0 N–H and O–H groups in total. The summed E-state index contributed by atoms with van der Waals surface area (Å²) in [5.74, 6) is 0. The first kappa shape index (κ1) is 13.9. The van der Waals surface area contributed by atoms with Crippen LogP contribution in [-0.4, -0.2) is 6.18 Å². The summed E-state index contributed by atoms with van der Waals surface area (Å²) in [6.07, 6.45) is 4.60. The van der Waals surface area contributed by atoms with Gasteiger partial charge in [-0.2, -0.15) is 13.2 Å². The number of rotatable bonds is 0. The van der Waals surface area contributed by atoms with E-state index in [2.05, 4.69) is 0 Å². The lowest BCUT2D eigenvalue weighted by molar-refractivity contribution is -0.223. The SMILES string of the molecule is CC1(C(F)(F)F)CCCCCCCCCC1. The minimum atomic E-state index is -4.03. The first-order chi connectivity index (χ1) is 7.46. The Labute approximate surface area is 96.6 Å². The fourth-order valence-corrected chi connectivity index (χ4v) is 2.50. The fourth-order valence-electron chi connectivity index (χ4n) is 2.50. The molecule has 0 amide bonds. The van der Waals surface area contributed by atoms with E-state index in [1.54, 1.807) is 0 Å². The van der Waals surface area contributed by atoms with Crippen molar-refractivity contribution in [1.29, 1.82) is 0 Å². The molecule has 0 heterocycles. The summed E-state index contributed by atoms with van der Waals surface area (Å²) in [6, 6.07) is 0. The van der Waals surface area contributed by atoms with Crippen LogP contribution < -0.4 is 0 Å². The maximum atomic E-state index is 13.0. The van der Waals surface area contributed by atoms with Crippen molar-refractivity contribution < 1.29 is 13.2 Å². The van der Waals surface area contributed by atoms with Crippen molar-refractivity contribution in [1.82, 2.24) is 0 Å². The van der Waals surface area contributed by atoms with Crippen LogP contribution in [0.2, 0.25) is 0 Å². The van der Waals surface area contributed by atoms with Crippen LogP contribution in [0.25, 0.3) is 0 Å². The Balaban J connectivity index is 2.57. The Kier molecular flexibility index (Phi) is 5.13. The molecule has 0 saturated heterocycles. The van der Waals surface area contributed by atoms with Gasteiger partial charge in [0.05, 0.1) is 5.41 Å². The first-order valence-corrected chi connectivity index (χ1v) is 6.52. The predicted octanol–water partition coefficient (Wildman–Crippen LogP) is 5.47. The molecule has 1 saturated carbocycles. The summed E-state index contributed by atoms with van der Waals surface area (Å²) >= 11 is 0. The van der Waals surface area contributed by atoms with Gasteiger partial charge in [-0.15, -0.1) is 0 Å². The Bertz CT molecular complexity index is 184. The first-order valence-electron chi connectivity index (χ1n) is 6.52. The van der Waals surface area contributed by atoms with E-state index in [0.717, 1.165) is 38.5 Å². The summed E-state index contributed by atoms with van der Waals surface area (Å²) in [7, 11) is 0. The summed E-state index contributed by atoms with van der Waals surface area (Å²) in [6.45, 7) is 1.41. The van der Waals surface area contributed by atoms with E-state index in [1.807, 2.05) is 0 Å². The van der Waals surface area contributed by atoms with Crippen LogP contribution >= 0.6 is 0 Å². The van der Waals surface area contributed by atoms with Crippen molar-refractivity contribution in [2.45, 2.75) is 77.3 Å². The monoisotopic (exact) mass is 236 g/mol. The Morgan fingerprint density at radius 1 is 0.688 bits per heavy atom. The summed E-state index contributed by atoms with van der Waals surface area (Å²) in [5.41, 5.74) is -1.43. The van der Waals surface area contributed by atoms with Crippen molar-refractivity contribution in [2.75, 3.05) is 0 Å². The number of hydrogen-bond acceptors (Lipinski definition) is 0. The smallest absolute Gasteiger partial charge is 0.171 e. The lowest BCUT2D eigenvalue weighted by Crippen LogP contribution is -2.35. The summed E-state index contributed by atoms with van der Waals surface area (Å²) in [4.78, 5) is 0. The molecule has 0 radical (unpaired) electrons. The average Bonchev–Trinajstić information content (AvgIpc) is 2.22. The van der Waals surface area contributed by atoms with Crippen LogP contribution in [0.1, 0.15) is 71.1 Å². The Morgan fingerprint density at radius 2 is 1.00 bits per heavy atom. The molecule has 0 aromatic heterocycles. The molecule has 0 bridgehead atoms. The van der Waals surface area contributed by atoms with E-state index in [0.29, 0.717) is 12.8 Å². The van der Waals surface area contributed by atoms with Crippen LogP contribution in [0, 0.1) is 5.41 Å². The lowest BCUT2D eigenvalue weighted by Gasteiger charge is -2.32. The van der Waals surface area contributed by atoms with Crippen LogP contribution in [0.3, 0.4) is 0 Å². The van der Waals surface area contributed by atoms with Gasteiger partial charge in [-0.05, 0) is 12.8 Å². The largest absolute Gasteiger partial charge is 0.394 e. The van der Waals surface area contributed by atoms with Crippen molar-refractivity contribution in [3.63, 3.8) is 0 Å². The molecule has 16 heavy (non-hydrogen) atoms. The standard InChI is InChI=1S/C13H23F3/c1-12(13(14,15)16)10-8-6-4-2-3-5-7-9-11-12/h2-11H2,1H3. The summed E-state index contributed by atoms with van der Waals surface area (Å²) in [5, 5.41) is 0. The van der Waals surface area contributed by atoms with Crippen LogP contribution in [0.4, 0.5) is 13.2 Å². The van der Waals surface area contributed by atoms with E-state index < -0.39 is 11.6 Å². The third-order valence-corrected chi connectivity index (χ3v) is 3.89. The Morgan fingerprint density at radius 3 is 1.31 bits per heavy atom. The molecule has 0 atom stereocenters. The van der Waals surface area contributed by atoms with Crippen molar-refractivity contribution in [3.8, 4) is 0 Å². The fraction of sp³-hybridized carbons (Fsp3) is 1.00. The third kappa shape index (κ3) is 3.99. The van der Waals surface area contributed by atoms with Gasteiger partial charge in [0.2, 0.25) is 0 Å². The van der Waals surface area contributed by atoms with E-state index in [1.165, 1.54) is 19.8 Å². The quantitative estimate of drug-likeness (QED) is 0.523. The van der Waals surface area contributed by atoms with Gasteiger partial charge in [-0.3, -0.25) is 0 Å². The molecule has 1 aliphatic carbocycles. The molecule has 3 heteroatoms. The molecule has 0 aromatic carbocycles. The van der Waals surface area contributed by atoms with E-state index in [4.69, 9.17) is 0 Å². The molecule has 0 aliphatic heterocycles. The topological polar surface area (TPSA) is 0 Å². The average molecular weight is 236 g/mol. The van der Waals surface area contributed by atoms with Crippen molar-refractivity contribution in [3.05, 3.63) is 0 Å².